The molecule has 1 aromatic carbocycles. The number of hydrogen-bond acceptors (Lipinski definition) is 4. The molecule has 0 saturated carbocycles. The molecule has 0 aromatic heterocycles. The van der Waals surface area contributed by atoms with Gasteiger partial charge in [0.2, 0.25) is 0 Å². The quantitative estimate of drug-likeness (QED) is 0.369. The van der Waals surface area contributed by atoms with Crippen LogP contribution in [-0.4, -0.2) is 18.9 Å². The van der Waals surface area contributed by atoms with E-state index in [1.54, 1.807) is 12.1 Å². The zero-order valence-electron chi connectivity index (χ0n) is 9.17. The number of rotatable bonds is 3. The second-order valence-electron chi connectivity index (χ2n) is 3.14. The second-order valence-corrected chi connectivity index (χ2v) is 4.30. The van der Waals surface area contributed by atoms with Gasteiger partial charge >= 0.3 is 5.97 Å². The minimum atomic E-state index is -0.424. The van der Waals surface area contributed by atoms with Crippen LogP contribution in [0.15, 0.2) is 12.1 Å². The first-order valence-corrected chi connectivity index (χ1v) is 5.60. The van der Waals surface area contributed by atoms with Gasteiger partial charge in [-0.1, -0.05) is 0 Å². The summed E-state index contributed by atoms with van der Waals surface area (Å²) in [5, 5.41) is 0. The van der Waals surface area contributed by atoms with Gasteiger partial charge in [0.05, 0.1) is 10.7 Å². The van der Waals surface area contributed by atoms with Crippen molar-refractivity contribution in [2.75, 3.05) is 7.11 Å². The lowest BCUT2D eigenvalue weighted by Crippen LogP contribution is -2.06. The van der Waals surface area contributed by atoms with Gasteiger partial charge in [-0.2, -0.15) is 0 Å². The second kappa shape index (κ2) is 5.29. The summed E-state index contributed by atoms with van der Waals surface area (Å²) in [5.74, 6) is 0.241. The molecule has 0 N–H and O–H groups in total. The fourth-order valence-corrected chi connectivity index (χ4v) is 1.88. The predicted molar refractivity (Wildman–Crippen MR) is 67.0 cm³/mol. The van der Waals surface area contributed by atoms with Crippen LogP contribution in [0.2, 0.25) is 0 Å². The average Bonchev–Trinajstić information content (AvgIpc) is 2.19. The molecule has 4 nitrogen and oxygen atoms in total. The third kappa shape index (κ3) is 2.94. The maximum atomic E-state index is 11.2. The van der Waals surface area contributed by atoms with Crippen molar-refractivity contribution in [1.82, 2.24) is 0 Å². The van der Waals surface area contributed by atoms with Crippen LogP contribution in [0.5, 0.6) is 11.5 Å². The molecule has 1 rings (SSSR count). The molecule has 0 heterocycles. The first kappa shape index (κ1) is 13.0. The molecule has 0 aliphatic carbocycles. The number of methoxy groups -OCH3 is 1. The number of ether oxygens (including phenoxy) is 2. The molecule has 0 fully saturated rings. The number of hydrogen-bond donors (Lipinski definition) is 0. The van der Waals surface area contributed by atoms with E-state index in [2.05, 4.69) is 0 Å². The third-order valence-electron chi connectivity index (χ3n) is 1.88. The van der Waals surface area contributed by atoms with Gasteiger partial charge in [0.1, 0.15) is 0 Å². The largest absolute Gasteiger partial charge is 0.493 e. The Kier molecular flexibility index (Phi) is 4.28. The Morgan fingerprint density at radius 1 is 1.25 bits per heavy atom. The first-order chi connectivity index (χ1) is 7.45. The fraction of sp³-hybridized carbons (Fsp3) is 0.273. The molecule has 5 heteroatoms. The summed E-state index contributed by atoms with van der Waals surface area (Å²) >= 11 is 1.99. The van der Waals surface area contributed by atoms with Gasteiger partial charge in [-0.15, -0.1) is 0 Å². The highest BCUT2D eigenvalue weighted by atomic mass is 127. The lowest BCUT2D eigenvalue weighted by atomic mass is 10.1. The van der Waals surface area contributed by atoms with E-state index < -0.39 is 5.97 Å². The molecule has 0 atom stereocenters. The Bertz CT molecular complexity index is 440. The smallest absolute Gasteiger partial charge is 0.308 e. The standard InChI is InChI=1S/C11H11IO4/c1-6(13)8-4-9(12)11(16-7(2)14)10(5-8)15-3/h4-5H,1-3H3. The highest BCUT2D eigenvalue weighted by Gasteiger charge is 2.14. The summed E-state index contributed by atoms with van der Waals surface area (Å²) in [5.41, 5.74) is 0.525. The number of carbonyl (C=O) groups excluding carboxylic acids is 2. The molecule has 1 aromatic rings. The Balaban J connectivity index is 3.28. The van der Waals surface area contributed by atoms with E-state index in [4.69, 9.17) is 9.47 Å². The summed E-state index contributed by atoms with van der Waals surface area (Å²) in [6.45, 7) is 2.78. The lowest BCUT2D eigenvalue weighted by Gasteiger charge is -2.11. The van der Waals surface area contributed by atoms with Gasteiger partial charge in [-0.3, -0.25) is 9.59 Å². The summed E-state index contributed by atoms with van der Waals surface area (Å²) < 4.78 is 10.8. The highest BCUT2D eigenvalue weighted by Crippen LogP contribution is 2.34. The Morgan fingerprint density at radius 2 is 1.88 bits per heavy atom. The molecule has 0 spiro atoms. The molecular weight excluding hydrogens is 323 g/mol. The topological polar surface area (TPSA) is 52.6 Å². The first-order valence-electron chi connectivity index (χ1n) is 4.52. The molecule has 16 heavy (non-hydrogen) atoms. The van der Waals surface area contributed by atoms with Crippen molar-refractivity contribution >= 4 is 34.3 Å². The van der Waals surface area contributed by atoms with E-state index >= 15 is 0 Å². The van der Waals surface area contributed by atoms with Gasteiger partial charge in [-0.05, 0) is 41.6 Å². The zero-order valence-corrected chi connectivity index (χ0v) is 11.3. The number of esters is 1. The van der Waals surface area contributed by atoms with Gasteiger partial charge in [0, 0.05) is 12.5 Å². The molecule has 0 amide bonds. The Labute approximate surface area is 107 Å². The van der Waals surface area contributed by atoms with Gasteiger partial charge in [-0.25, -0.2) is 0 Å². The molecule has 0 aliphatic rings. The number of halogens is 1. The van der Waals surface area contributed by atoms with Crippen LogP contribution in [0.25, 0.3) is 0 Å². The van der Waals surface area contributed by atoms with E-state index in [0.29, 0.717) is 20.6 Å². The maximum Gasteiger partial charge on any atom is 0.308 e. The molecular formula is C11H11IO4. The average molecular weight is 334 g/mol. The van der Waals surface area contributed by atoms with Crippen LogP contribution in [-0.2, 0) is 4.79 Å². The maximum absolute atomic E-state index is 11.2. The van der Waals surface area contributed by atoms with Crippen molar-refractivity contribution in [3.8, 4) is 11.5 Å². The van der Waals surface area contributed by atoms with Crippen molar-refractivity contribution in [2.45, 2.75) is 13.8 Å². The molecule has 0 radical (unpaired) electrons. The Hall–Kier alpha value is -1.11. The fourth-order valence-electron chi connectivity index (χ4n) is 1.17. The van der Waals surface area contributed by atoms with Gasteiger partial charge in [0.25, 0.3) is 0 Å². The van der Waals surface area contributed by atoms with Crippen LogP contribution >= 0.6 is 22.6 Å². The normalized spacial score (nSPS) is 9.75. The van der Waals surface area contributed by atoms with Crippen LogP contribution in [0.4, 0.5) is 0 Å². The lowest BCUT2D eigenvalue weighted by molar-refractivity contribution is -0.132. The molecule has 0 saturated heterocycles. The van der Waals surface area contributed by atoms with Crippen LogP contribution in [0, 0.1) is 3.57 Å². The monoisotopic (exact) mass is 334 g/mol. The SMILES string of the molecule is COc1cc(C(C)=O)cc(I)c1OC(C)=O. The van der Waals surface area contributed by atoms with E-state index in [1.165, 1.54) is 21.0 Å². The summed E-state index contributed by atoms with van der Waals surface area (Å²) in [6, 6.07) is 3.21. The number of benzene rings is 1. The summed E-state index contributed by atoms with van der Waals surface area (Å²) in [4.78, 5) is 22.1. The van der Waals surface area contributed by atoms with Gasteiger partial charge in [0.15, 0.2) is 17.3 Å². The zero-order chi connectivity index (χ0) is 12.3. The predicted octanol–water partition coefficient (Wildman–Crippen LogP) is 2.43. The van der Waals surface area contributed by atoms with E-state index in [0.717, 1.165) is 0 Å². The number of carbonyl (C=O) groups is 2. The van der Waals surface area contributed by atoms with Crippen LogP contribution in [0.3, 0.4) is 0 Å². The summed E-state index contributed by atoms with van der Waals surface area (Å²) in [7, 11) is 1.46. The molecule has 0 unspecified atom stereocenters. The van der Waals surface area contributed by atoms with Crippen LogP contribution in [0.1, 0.15) is 24.2 Å². The molecule has 0 aliphatic heterocycles. The van der Waals surface area contributed by atoms with Crippen LogP contribution < -0.4 is 9.47 Å². The van der Waals surface area contributed by atoms with Crippen molar-refractivity contribution in [3.63, 3.8) is 0 Å². The molecule has 86 valence electrons. The summed E-state index contributed by atoms with van der Waals surface area (Å²) in [6.07, 6.45) is 0. The van der Waals surface area contributed by atoms with Crippen molar-refractivity contribution in [3.05, 3.63) is 21.3 Å². The van der Waals surface area contributed by atoms with E-state index in [9.17, 15) is 9.59 Å². The highest BCUT2D eigenvalue weighted by molar-refractivity contribution is 14.1. The minimum Gasteiger partial charge on any atom is -0.493 e. The number of Topliss-reactive ketones (excluding diaryl/α,β-unsaturated/α-hetero) is 1. The van der Waals surface area contributed by atoms with Crippen molar-refractivity contribution < 1.29 is 19.1 Å². The van der Waals surface area contributed by atoms with Crippen molar-refractivity contribution in [2.24, 2.45) is 0 Å². The van der Waals surface area contributed by atoms with Gasteiger partial charge < -0.3 is 9.47 Å². The Morgan fingerprint density at radius 3 is 2.31 bits per heavy atom. The third-order valence-corrected chi connectivity index (χ3v) is 2.68. The van der Waals surface area contributed by atoms with E-state index in [1.807, 2.05) is 22.6 Å². The number of ketones is 1. The van der Waals surface area contributed by atoms with Crippen molar-refractivity contribution in [1.29, 1.82) is 0 Å². The molecule has 0 bridgehead atoms. The van der Waals surface area contributed by atoms with E-state index in [-0.39, 0.29) is 5.78 Å². The minimum absolute atomic E-state index is 0.0643.